The van der Waals surface area contributed by atoms with Crippen molar-refractivity contribution in [1.82, 2.24) is 9.88 Å². The molecule has 1 aliphatic rings. The monoisotopic (exact) mass is 412 g/mol. The maximum atomic E-state index is 12.1. The van der Waals surface area contributed by atoms with E-state index in [-0.39, 0.29) is 36.8 Å². The number of anilines is 1. The van der Waals surface area contributed by atoms with Gasteiger partial charge in [0, 0.05) is 22.8 Å². The lowest BCUT2D eigenvalue weighted by Gasteiger charge is -2.37. The highest BCUT2D eigenvalue weighted by molar-refractivity contribution is 9.10. The highest BCUT2D eigenvalue weighted by atomic mass is 79.9. The highest BCUT2D eigenvalue weighted by Gasteiger charge is 2.26. The number of nitrogens with zero attached hydrogens (tertiary/aromatic N) is 2. The predicted molar refractivity (Wildman–Crippen MR) is 97.9 cm³/mol. The Hall–Kier alpha value is -0.400. The summed E-state index contributed by atoms with van der Waals surface area (Å²) in [5, 5.41) is 2.82. The van der Waals surface area contributed by atoms with Crippen LogP contribution in [-0.2, 0) is 4.79 Å². The third-order valence-electron chi connectivity index (χ3n) is 3.61. The molecule has 22 heavy (non-hydrogen) atoms. The number of piperidine rings is 1. The van der Waals surface area contributed by atoms with Crippen LogP contribution in [0.15, 0.2) is 22.8 Å². The zero-order chi connectivity index (χ0) is 14.5. The Bertz CT molecular complexity index is 459. The van der Waals surface area contributed by atoms with Crippen LogP contribution >= 0.6 is 40.7 Å². The molecule has 3 N–H and O–H groups in total. The molecule has 2 atom stereocenters. The van der Waals surface area contributed by atoms with E-state index in [2.05, 4.69) is 31.1 Å². The van der Waals surface area contributed by atoms with E-state index in [1.165, 1.54) is 6.42 Å². The van der Waals surface area contributed by atoms with Crippen molar-refractivity contribution >= 4 is 52.5 Å². The molecular formula is C14H23BrCl2N4O. The van der Waals surface area contributed by atoms with Gasteiger partial charge >= 0.3 is 0 Å². The first kappa shape index (κ1) is 21.6. The second-order valence-corrected chi connectivity index (χ2v) is 6.22. The molecule has 0 radical (unpaired) electrons. The molecule has 2 unspecified atom stereocenters. The van der Waals surface area contributed by atoms with E-state index in [1.807, 2.05) is 13.0 Å². The van der Waals surface area contributed by atoms with Gasteiger partial charge in [0.05, 0.1) is 6.54 Å². The number of hydrogen-bond donors (Lipinski definition) is 2. The number of carbonyl (C=O) groups excluding carboxylic acids is 1. The second kappa shape index (κ2) is 10.4. The largest absolute Gasteiger partial charge is 0.327 e. The lowest BCUT2D eigenvalue weighted by Crippen LogP contribution is -2.51. The Morgan fingerprint density at radius 2 is 2.23 bits per heavy atom. The molecule has 0 saturated carbocycles. The van der Waals surface area contributed by atoms with E-state index in [4.69, 9.17) is 5.73 Å². The van der Waals surface area contributed by atoms with Crippen LogP contribution in [0.25, 0.3) is 0 Å². The molecule has 8 heteroatoms. The van der Waals surface area contributed by atoms with Crippen LogP contribution in [0.5, 0.6) is 0 Å². The van der Waals surface area contributed by atoms with E-state index in [0.29, 0.717) is 18.4 Å². The average Bonchev–Trinajstić information content (AvgIpc) is 2.41. The summed E-state index contributed by atoms with van der Waals surface area (Å²) in [7, 11) is 0. The molecule has 1 aromatic rings. The molecule has 5 nitrogen and oxygen atoms in total. The molecule has 1 fully saturated rings. The normalized spacial score (nSPS) is 19.5. The number of hydrogen-bond acceptors (Lipinski definition) is 4. The number of pyridine rings is 1. The Morgan fingerprint density at radius 1 is 1.50 bits per heavy atom. The maximum Gasteiger partial charge on any atom is 0.239 e. The summed E-state index contributed by atoms with van der Waals surface area (Å²) < 4.78 is 0.892. The first-order valence-electron chi connectivity index (χ1n) is 6.97. The fourth-order valence-corrected chi connectivity index (χ4v) is 2.86. The lowest BCUT2D eigenvalue weighted by molar-refractivity contribution is -0.118. The SMILES string of the molecule is CC(N)C1CCCCN1CC(=O)Nc1ccc(Br)cn1.Cl.Cl. The van der Waals surface area contributed by atoms with Crippen molar-refractivity contribution in [3.05, 3.63) is 22.8 Å². The highest BCUT2D eigenvalue weighted by Crippen LogP contribution is 2.19. The number of aromatic nitrogens is 1. The summed E-state index contributed by atoms with van der Waals surface area (Å²) in [6.07, 6.45) is 5.06. The minimum absolute atomic E-state index is 0. The van der Waals surface area contributed by atoms with Crippen LogP contribution in [-0.4, -0.2) is 41.0 Å². The van der Waals surface area contributed by atoms with Crippen molar-refractivity contribution in [2.45, 2.75) is 38.3 Å². The van der Waals surface area contributed by atoms with Gasteiger partial charge in [-0.1, -0.05) is 6.42 Å². The van der Waals surface area contributed by atoms with E-state index in [9.17, 15) is 4.79 Å². The second-order valence-electron chi connectivity index (χ2n) is 5.30. The maximum absolute atomic E-state index is 12.1. The molecule has 1 amide bonds. The van der Waals surface area contributed by atoms with Gasteiger partial charge in [-0.25, -0.2) is 4.98 Å². The molecule has 2 rings (SSSR count). The molecule has 1 aliphatic heterocycles. The average molecular weight is 414 g/mol. The third kappa shape index (κ3) is 6.38. The molecule has 126 valence electrons. The molecule has 0 aromatic carbocycles. The number of halogens is 3. The molecular weight excluding hydrogens is 391 g/mol. The van der Waals surface area contributed by atoms with Gasteiger partial charge in [0.2, 0.25) is 5.91 Å². The van der Waals surface area contributed by atoms with Crippen molar-refractivity contribution in [3.63, 3.8) is 0 Å². The number of amides is 1. The number of likely N-dealkylation sites (tertiary alicyclic amines) is 1. The zero-order valence-corrected chi connectivity index (χ0v) is 15.7. The van der Waals surface area contributed by atoms with Crippen molar-refractivity contribution in [2.24, 2.45) is 5.73 Å². The van der Waals surface area contributed by atoms with Gasteiger partial charge in [-0.3, -0.25) is 9.69 Å². The topological polar surface area (TPSA) is 71.2 Å². The van der Waals surface area contributed by atoms with Crippen molar-refractivity contribution in [3.8, 4) is 0 Å². The third-order valence-corrected chi connectivity index (χ3v) is 4.08. The first-order valence-corrected chi connectivity index (χ1v) is 7.76. The Balaban J connectivity index is 0.00000220. The van der Waals surface area contributed by atoms with Crippen LogP contribution in [0, 0.1) is 0 Å². The summed E-state index contributed by atoms with van der Waals surface area (Å²) in [4.78, 5) is 18.4. The number of nitrogens with one attached hydrogen (secondary N) is 1. The molecule has 0 bridgehead atoms. The molecule has 0 spiro atoms. The van der Waals surface area contributed by atoms with Gasteiger partial charge in [0.15, 0.2) is 0 Å². The Labute approximate surface area is 152 Å². The standard InChI is InChI=1S/C14H21BrN4O.2ClH/c1-10(16)12-4-2-3-7-19(12)9-14(20)18-13-6-5-11(15)8-17-13;;/h5-6,8,10,12H,2-4,7,9,16H2,1H3,(H,17,18,20);2*1H. The summed E-state index contributed by atoms with van der Waals surface area (Å²) >= 11 is 3.32. The smallest absolute Gasteiger partial charge is 0.239 e. The predicted octanol–water partition coefficient (Wildman–Crippen LogP) is 2.83. The lowest BCUT2D eigenvalue weighted by atomic mass is 9.97. The minimum Gasteiger partial charge on any atom is -0.327 e. The van der Waals surface area contributed by atoms with Crippen LogP contribution in [0.1, 0.15) is 26.2 Å². The molecule has 1 aromatic heterocycles. The van der Waals surface area contributed by atoms with Crippen LogP contribution in [0.4, 0.5) is 5.82 Å². The first-order chi connectivity index (χ1) is 9.56. The van der Waals surface area contributed by atoms with E-state index >= 15 is 0 Å². The van der Waals surface area contributed by atoms with Gasteiger partial charge in [-0.2, -0.15) is 0 Å². The number of carbonyl (C=O) groups is 1. The van der Waals surface area contributed by atoms with E-state index in [0.717, 1.165) is 23.9 Å². The van der Waals surface area contributed by atoms with Gasteiger partial charge in [0.25, 0.3) is 0 Å². The Kier molecular flexibility index (Phi) is 10.2. The van der Waals surface area contributed by atoms with Gasteiger partial charge in [0.1, 0.15) is 5.82 Å². The quantitative estimate of drug-likeness (QED) is 0.795. The van der Waals surface area contributed by atoms with Crippen LogP contribution < -0.4 is 11.1 Å². The van der Waals surface area contributed by atoms with E-state index < -0.39 is 0 Å². The summed E-state index contributed by atoms with van der Waals surface area (Å²) in [5.41, 5.74) is 6.01. The Morgan fingerprint density at radius 3 is 2.82 bits per heavy atom. The zero-order valence-electron chi connectivity index (χ0n) is 12.5. The van der Waals surface area contributed by atoms with Crippen LogP contribution in [0.3, 0.4) is 0 Å². The van der Waals surface area contributed by atoms with Crippen molar-refractivity contribution in [1.29, 1.82) is 0 Å². The fraction of sp³-hybridized carbons (Fsp3) is 0.571. The summed E-state index contributed by atoms with van der Waals surface area (Å²) in [6.45, 7) is 3.33. The van der Waals surface area contributed by atoms with Crippen molar-refractivity contribution < 1.29 is 4.79 Å². The summed E-state index contributed by atoms with van der Waals surface area (Å²) in [5.74, 6) is 0.542. The fourth-order valence-electron chi connectivity index (χ4n) is 2.63. The molecule has 1 saturated heterocycles. The van der Waals surface area contributed by atoms with Gasteiger partial charge in [-0.15, -0.1) is 24.8 Å². The van der Waals surface area contributed by atoms with E-state index in [1.54, 1.807) is 12.3 Å². The number of rotatable bonds is 4. The van der Waals surface area contributed by atoms with Gasteiger partial charge < -0.3 is 11.1 Å². The minimum atomic E-state index is -0.0348. The van der Waals surface area contributed by atoms with Gasteiger partial charge in [-0.05, 0) is 54.4 Å². The van der Waals surface area contributed by atoms with Crippen molar-refractivity contribution in [2.75, 3.05) is 18.4 Å². The number of nitrogens with two attached hydrogens (primary N) is 1. The summed E-state index contributed by atoms with van der Waals surface area (Å²) in [6, 6.07) is 4.02. The molecule has 2 heterocycles. The molecule has 0 aliphatic carbocycles. The van der Waals surface area contributed by atoms with Crippen LogP contribution in [0.2, 0.25) is 0 Å².